The van der Waals surface area contributed by atoms with Crippen LogP contribution in [0.25, 0.3) is 0 Å². The van der Waals surface area contributed by atoms with Crippen molar-refractivity contribution in [2.45, 2.75) is 38.0 Å². The van der Waals surface area contributed by atoms with Crippen LogP contribution in [0.1, 0.15) is 42.9 Å². The maximum Gasteiger partial charge on any atom is 0.0524 e. The van der Waals surface area contributed by atoms with Crippen LogP contribution in [-0.2, 0) is 6.42 Å². The van der Waals surface area contributed by atoms with E-state index in [9.17, 15) is 0 Å². The summed E-state index contributed by atoms with van der Waals surface area (Å²) >= 11 is 0. The molecule has 0 radical (unpaired) electrons. The molecule has 15 heavy (non-hydrogen) atoms. The summed E-state index contributed by atoms with van der Waals surface area (Å²) in [5.41, 5.74) is 2.91. The summed E-state index contributed by atoms with van der Waals surface area (Å²) in [4.78, 5) is 0. The Morgan fingerprint density at radius 2 is 2.27 bits per heavy atom. The van der Waals surface area contributed by atoms with Gasteiger partial charge in [-0.2, -0.15) is 5.10 Å². The topological polar surface area (TPSA) is 40.7 Å². The third-order valence-electron chi connectivity index (χ3n) is 3.66. The summed E-state index contributed by atoms with van der Waals surface area (Å²) in [6, 6.07) is 0. The predicted molar refractivity (Wildman–Crippen MR) is 59.9 cm³/mol. The van der Waals surface area contributed by atoms with Gasteiger partial charge >= 0.3 is 0 Å². The van der Waals surface area contributed by atoms with Gasteiger partial charge in [0.25, 0.3) is 0 Å². The molecule has 1 atom stereocenters. The molecule has 1 aromatic heterocycles. The highest BCUT2D eigenvalue weighted by Gasteiger charge is 2.28. The van der Waals surface area contributed by atoms with E-state index in [-0.39, 0.29) is 0 Å². The minimum atomic E-state index is 0.816. The van der Waals surface area contributed by atoms with Crippen LogP contribution in [0.3, 0.4) is 0 Å². The Morgan fingerprint density at radius 3 is 3.00 bits per heavy atom. The van der Waals surface area contributed by atoms with Gasteiger partial charge in [0.15, 0.2) is 0 Å². The average molecular weight is 205 g/mol. The third kappa shape index (κ3) is 2.07. The molecule has 2 aliphatic rings. The average Bonchev–Trinajstić information content (AvgIpc) is 3.02. The van der Waals surface area contributed by atoms with E-state index < -0.39 is 0 Å². The summed E-state index contributed by atoms with van der Waals surface area (Å²) in [6.07, 6.45) is 8.68. The van der Waals surface area contributed by atoms with E-state index in [1.807, 2.05) is 6.20 Å². The lowest BCUT2D eigenvalue weighted by Crippen LogP contribution is -2.31. The van der Waals surface area contributed by atoms with Crippen molar-refractivity contribution in [2.24, 2.45) is 5.92 Å². The summed E-state index contributed by atoms with van der Waals surface area (Å²) in [6.45, 7) is 2.39. The molecule has 1 aliphatic carbocycles. The van der Waals surface area contributed by atoms with Crippen molar-refractivity contribution in [3.8, 4) is 0 Å². The Labute approximate surface area is 90.7 Å². The molecule has 0 aromatic carbocycles. The quantitative estimate of drug-likeness (QED) is 0.790. The largest absolute Gasteiger partial charge is 0.316 e. The summed E-state index contributed by atoms with van der Waals surface area (Å²) in [7, 11) is 0. The molecule has 2 N–H and O–H groups in total. The summed E-state index contributed by atoms with van der Waals surface area (Å²) in [5.74, 6) is 1.65. The fourth-order valence-corrected chi connectivity index (χ4v) is 2.62. The van der Waals surface area contributed by atoms with Gasteiger partial charge in [0.2, 0.25) is 0 Å². The highest BCUT2D eigenvalue weighted by atomic mass is 15.1. The van der Waals surface area contributed by atoms with E-state index in [0.29, 0.717) is 0 Å². The lowest BCUT2D eigenvalue weighted by atomic mass is 9.93. The van der Waals surface area contributed by atoms with Crippen LogP contribution >= 0.6 is 0 Å². The maximum atomic E-state index is 4.20. The molecular formula is C12H19N3. The first-order chi connectivity index (χ1) is 7.43. The second kappa shape index (κ2) is 3.97. The van der Waals surface area contributed by atoms with Crippen LogP contribution in [0.15, 0.2) is 6.20 Å². The Balaban J connectivity index is 1.67. The molecule has 0 amide bonds. The second-order valence-electron chi connectivity index (χ2n) is 4.99. The summed E-state index contributed by atoms with van der Waals surface area (Å²) < 4.78 is 0. The summed E-state index contributed by atoms with van der Waals surface area (Å²) in [5, 5.41) is 10.9. The van der Waals surface area contributed by atoms with Crippen LogP contribution in [0.2, 0.25) is 0 Å². The number of nitrogens with zero attached hydrogens (tertiary/aromatic N) is 1. The lowest BCUT2D eigenvalue weighted by Gasteiger charge is -2.22. The monoisotopic (exact) mass is 205 g/mol. The van der Waals surface area contributed by atoms with Gasteiger partial charge in [-0.3, -0.25) is 5.10 Å². The van der Waals surface area contributed by atoms with E-state index >= 15 is 0 Å². The van der Waals surface area contributed by atoms with Crippen LogP contribution in [0.4, 0.5) is 0 Å². The maximum absolute atomic E-state index is 4.20. The first-order valence-electron chi connectivity index (χ1n) is 6.16. The van der Waals surface area contributed by atoms with Crippen molar-refractivity contribution >= 4 is 0 Å². The molecule has 1 aliphatic heterocycles. The predicted octanol–water partition coefficient (Wildman–Crippen LogP) is 1.83. The standard InChI is InChI=1S/C12H19N3/c1-2-9(7-13-5-1)6-12-11(8-14-15-12)10-3-4-10/h8-10,13H,1-7H2,(H,14,15). The van der Waals surface area contributed by atoms with Crippen molar-refractivity contribution in [1.29, 1.82) is 0 Å². The van der Waals surface area contributed by atoms with E-state index in [2.05, 4.69) is 15.5 Å². The molecule has 2 fully saturated rings. The molecule has 1 unspecified atom stereocenters. The fraction of sp³-hybridized carbons (Fsp3) is 0.750. The molecule has 1 saturated carbocycles. The van der Waals surface area contributed by atoms with Gasteiger partial charge in [-0.05, 0) is 62.6 Å². The molecule has 3 rings (SSSR count). The van der Waals surface area contributed by atoms with Crippen LogP contribution in [0, 0.1) is 5.92 Å². The smallest absolute Gasteiger partial charge is 0.0524 e. The van der Waals surface area contributed by atoms with Crippen molar-refractivity contribution in [3.05, 3.63) is 17.5 Å². The van der Waals surface area contributed by atoms with Crippen LogP contribution < -0.4 is 5.32 Å². The molecule has 2 heterocycles. The normalized spacial score (nSPS) is 26.8. The number of nitrogens with one attached hydrogen (secondary N) is 2. The molecular weight excluding hydrogens is 186 g/mol. The third-order valence-corrected chi connectivity index (χ3v) is 3.66. The van der Waals surface area contributed by atoms with Gasteiger partial charge in [0.05, 0.1) is 6.20 Å². The van der Waals surface area contributed by atoms with Crippen LogP contribution in [-0.4, -0.2) is 23.3 Å². The highest BCUT2D eigenvalue weighted by molar-refractivity contribution is 5.25. The number of aromatic nitrogens is 2. The van der Waals surface area contributed by atoms with E-state index in [1.54, 1.807) is 0 Å². The minimum Gasteiger partial charge on any atom is -0.316 e. The Hall–Kier alpha value is -0.830. The molecule has 1 saturated heterocycles. The van der Waals surface area contributed by atoms with Gasteiger partial charge < -0.3 is 5.32 Å². The molecule has 1 aromatic rings. The zero-order valence-corrected chi connectivity index (χ0v) is 9.13. The fourth-order valence-electron chi connectivity index (χ4n) is 2.62. The van der Waals surface area contributed by atoms with Crippen molar-refractivity contribution in [3.63, 3.8) is 0 Å². The number of piperidine rings is 1. The van der Waals surface area contributed by atoms with Crippen molar-refractivity contribution in [2.75, 3.05) is 13.1 Å². The minimum absolute atomic E-state index is 0.816. The number of rotatable bonds is 3. The van der Waals surface area contributed by atoms with Crippen molar-refractivity contribution in [1.82, 2.24) is 15.5 Å². The second-order valence-corrected chi connectivity index (χ2v) is 4.99. The number of hydrogen-bond acceptors (Lipinski definition) is 2. The Bertz CT molecular complexity index is 321. The van der Waals surface area contributed by atoms with Gasteiger partial charge in [-0.25, -0.2) is 0 Å². The molecule has 0 spiro atoms. The zero-order valence-electron chi connectivity index (χ0n) is 9.13. The van der Waals surface area contributed by atoms with Gasteiger partial charge in [0, 0.05) is 5.69 Å². The zero-order chi connectivity index (χ0) is 10.1. The number of hydrogen-bond donors (Lipinski definition) is 2. The number of H-pyrrole nitrogens is 1. The van der Waals surface area contributed by atoms with Gasteiger partial charge in [0.1, 0.15) is 0 Å². The van der Waals surface area contributed by atoms with Gasteiger partial charge in [-0.1, -0.05) is 0 Å². The highest BCUT2D eigenvalue weighted by Crippen LogP contribution is 2.41. The van der Waals surface area contributed by atoms with E-state index in [4.69, 9.17) is 0 Å². The van der Waals surface area contributed by atoms with Gasteiger partial charge in [-0.15, -0.1) is 0 Å². The number of aromatic amines is 1. The first-order valence-corrected chi connectivity index (χ1v) is 6.16. The molecule has 82 valence electrons. The van der Waals surface area contributed by atoms with E-state index in [0.717, 1.165) is 11.8 Å². The molecule has 3 nitrogen and oxygen atoms in total. The van der Waals surface area contributed by atoms with E-state index in [1.165, 1.54) is 56.5 Å². The van der Waals surface area contributed by atoms with Crippen molar-refractivity contribution < 1.29 is 0 Å². The molecule has 3 heteroatoms. The van der Waals surface area contributed by atoms with Crippen LogP contribution in [0.5, 0.6) is 0 Å². The molecule has 0 bridgehead atoms. The first kappa shape index (κ1) is 9.40. The SMILES string of the molecule is c1n[nH]c(CC2CCCNC2)c1C1CC1. The lowest BCUT2D eigenvalue weighted by molar-refractivity contribution is 0.373. The Morgan fingerprint density at radius 1 is 1.33 bits per heavy atom. The Kier molecular flexibility index (Phi) is 2.49.